The van der Waals surface area contributed by atoms with Gasteiger partial charge in [0.15, 0.2) is 5.69 Å². The van der Waals surface area contributed by atoms with Crippen LogP contribution in [-0.4, -0.2) is 41.9 Å². The highest BCUT2D eigenvalue weighted by molar-refractivity contribution is 5.94. The van der Waals surface area contributed by atoms with Gasteiger partial charge in [-0.15, -0.1) is 0 Å². The predicted octanol–water partition coefficient (Wildman–Crippen LogP) is 0.529. The largest absolute Gasteiger partial charge is 0.475 e. The van der Waals surface area contributed by atoms with Crippen LogP contribution in [0.1, 0.15) is 33.9 Å². The summed E-state index contributed by atoms with van der Waals surface area (Å²) >= 11 is 0. The maximum atomic E-state index is 11.6. The molecule has 1 unspecified atom stereocenters. The molecule has 1 amide bonds. The third-order valence-corrected chi connectivity index (χ3v) is 2.82. The standard InChI is InChI=1S/C11H14N2O5/c14-10(8-5-9(11(15)16)18-13-8)12-3-1-7-2-4-17-6-7/h5,7H,1-4,6H2,(H,12,14)(H,15,16). The molecule has 1 aliphatic rings. The quantitative estimate of drug-likeness (QED) is 0.794. The first-order valence-electron chi connectivity index (χ1n) is 5.73. The Bertz CT molecular complexity index is 436. The number of carbonyl (C=O) groups is 2. The fourth-order valence-corrected chi connectivity index (χ4v) is 1.77. The average molecular weight is 254 g/mol. The molecule has 1 saturated heterocycles. The topological polar surface area (TPSA) is 102 Å². The van der Waals surface area contributed by atoms with Gasteiger partial charge in [0.2, 0.25) is 5.76 Å². The van der Waals surface area contributed by atoms with E-state index in [2.05, 4.69) is 15.0 Å². The number of hydrogen-bond acceptors (Lipinski definition) is 5. The maximum absolute atomic E-state index is 11.6. The van der Waals surface area contributed by atoms with Crippen molar-refractivity contribution in [3.05, 3.63) is 17.5 Å². The lowest BCUT2D eigenvalue weighted by Gasteiger charge is -2.07. The van der Waals surface area contributed by atoms with Crippen LogP contribution in [0.5, 0.6) is 0 Å². The van der Waals surface area contributed by atoms with Crippen molar-refractivity contribution in [1.82, 2.24) is 10.5 Å². The molecule has 2 N–H and O–H groups in total. The molecule has 0 aromatic carbocycles. The first kappa shape index (κ1) is 12.6. The maximum Gasteiger partial charge on any atom is 0.374 e. The van der Waals surface area contributed by atoms with Crippen LogP contribution in [0.25, 0.3) is 0 Å². The molecule has 1 atom stereocenters. The molecule has 2 heterocycles. The Labute approximate surface area is 103 Å². The number of ether oxygens (including phenoxy) is 1. The number of rotatable bonds is 5. The highest BCUT2D eigenvalue weighted by atomic mass is 16.5. The number of amides is 1. The van der Waals surface area contributed by atoms with Gasteiger partial charge in [-0.3, -0.25) is 4.79 Å². The first-order valence-corrected chi connectivity index (χ1v) is 5.73. The van der Waals surface area contributed by atoms with Gasteiger partial charge in [0.05, 0.1) is 0 Å². The van der Waals surface area contributed by atoms with Gasteiger partial charge in [-0.25, -0.2) is 4.79 Å². The Morgan fingerprint density at radius 2 is 2.39 bits per heavy atom. The van der Waals surface area contributed by atoms with Crippen LogP contribution in [0.2, 0.25) is 0 Å². The Hall–Kier alpha value is -1.89. The van der Waals surface area contributed by atoms with E-state index in [1.165, 1.54) is 0 Å². The van der Waals surface area contributed by atoms with E-state index in [9.17, 15) is 9.59 Å². The van der Waals surface area contributed by atoms with E-state index >= 15 is 0 Å². The molecule has 98 valence electrons. The Morgan fingerprint density at radius 1 is 1.56 bits per heavy atom. The van der Waals surface area contributed by atoms with Crippen LogP contribution in [0.3, 0.4) is 0 Å². The lowest BCUT2D eigenvalue weighted by molar-refractivity contribution is 0.0651. The van der Waals surface area contributed by atoms with Crippen LogP contribution in [0.4, 0.5) is 0 Å². The number of nitrogens with one attached hydrogen (secondary N) is 1. The lowest BCUT2D eigenvalue weighted by atomic mass is 10.1. The summed E-state index contributed by atoms with van der Waals surface area (Å²) in [5.74, 6) is -1.53. The second kappa shape index (κ2) is 5.63. The van der Waals surface area contributed by atoms with Crippen molar-refractivity contribution in [3.63, 3.8) is 0 Å². The molecule has 0 spiro atoms. The van der Waals surface area contributed by atoms with Crippen molar-refractivity contribution in [2.24, 2.45) is 5.92 Å². The van der Waals surface area contributed by atoms with Crippen LogP contribution in [0.15, 0.2) is 10.6 Å². The number of aromatic carboxylic acids is 1. The van der Waals surface area contributed by atoms with Crippen LogP contribution < -0.4 is 5.32 Å². The number of aromatic nitrogens is 1. The summed E-state index contributed by atoms with van der Waals surface area (Å²) in [7, 11) is 0. The molecule has 2 rings (SSSR count). The van der Waals surface area contributed by atoms with Crippen molar-refractivity contribution in [1.29, 1.82) is 0 Å². The molecular formula is C11H14N2O5. The van der Waals surface area contributed by atoms with E-state index in [-0.39, 0.29) is 11.5 Å². The molecular weight excluding hydrogens is 240 g/mol. The minimum Gasteiger partial charge on any atom is -0.475 e. The summed E-state index contributed by atoms with van der Waals surface area (Å²) in [5, 5.41) is 14.7. The first-order chi connectivity index (χ1) is 8.66. The van der Waals surface area contributed by atoms with Gasteiger partial charge in [0, 0.05) is 25.8 Å². The normalized spacial score (nSPS) is 18.8. The molecule has 0 radical (unpaired) electrons. The number of carboxylic acid groups (broad SMARTS) is 1. The van der Waals surface area contributed by atoms with Crippen LogP contribution in [-0.2, 0) is 4.74 Å². The fourth-order valence-electron chi connectivity index (χ4n) is 1.77. The third kappa shape index (κ3) is 3.07. The van der Waals surface area contributed by atoms with Gasteiger partial charge in [0.1, 0.15) is 0 Å². The van der Waals surface area contributed by atoms with E-state index in [1.54, 1.807) is 0 Å². The zero-order valence-electron chi connectivity index (χ0n) is 9.72. The van der Waals surface area contributed by atoms with Gasteiger partial charge < -0.3 is 19.7 Å². The summed E-state index contributed by atoms with van der Waals surface area (Å²) < 4.78 is 9.72. The van der Waals surface area contributed by atoms with Gasteiger partial charge in [-0.05, 0) is 18.8 Å². The molecule has 0 saturated carbocycles. The predicted molar refractivity (Wildman–Crippen MR) is 59.3 cm³/mol. The van der Waals surface area contributed by atoms with E-state index in [4.69, 9.17) is 9.84 Å². The zero-order chi connectivity index (χ0) is 13.0. The third-order valence-electron chi connectivity index (χ3n) is 2.82. The van der Waals surface area contributed by atoms with Gasteiger partial charge >= 0.3 is 5.97 Å². The SMILES string of the molecule is O=C(NCCC1CCOC1)c1cc(C(=O)O)on1. The smallest absolute Gasteiger partial charge is 0.374 e. The minimum atomic E-state index is -1.25. The highest BCUT2D eigenvalue weighted by Crippen LogP contribution is 2.15. The van der Waals surface area contributed by atoms with Crippen LogP contribution in [0, 0.1) is 5.92 Å². The minimum absolute atomic E-state index is 0.0185. The Kier molecular flexibility index (Phi) is 3.93. The Morgan fingerprint density at radius 3 is 3.00 bits per heavy atom. The van der Waals surface area contributed by atoms with Crippen LogP contribution >= 0.6 is 0 Å². The molecule has 1 aliphatic heterocycles. The monoisotopic (exact) mass is 254 g/mol. The molecule has 7 nitrogen and oxygen atoms in total. The van der Waals surface area contributed by atoms with Crippen molar-refractivity contribution in [3.8, 4) is 0 Å². The summed E-state index contributed by atoms with van der Waals surface area (Å²) in [6, 6.07) is 1.11. The van der Waals surface area contributed by atoms with Crippen molar-refractivity contribution < 1.29 is 24.0 Å². The number of nitrogens with zero attached hydrogens (tertiary/aromatic N) is 1. The molecule has 7 heteroatoms. The van der Waals surface area contributed by atoms with Crippen molar-refractivity contribution in [2.75, 3.05) is 19.8 Å². The van der Waals surface area contributed by atoms with Gasteiger partial charge in [-0.2, -0.15) is 0 Å². The zero-order valence-corrected chi connectivity index (χ0v) is 9.72. The number of hydrogen-bond donors (Lipinski definition) is 2. The summed E-state index contributed by atoms with van der Waals surface area (Å²) in [4.78, 5) is 22.1. The van der Waals surface area contributed by atoms with Gasteiger partial charge in [-0.1, -0.05) is 5.16 Å². The fraction of sp³-hybridized carbons (Fsp3) is 0.545. The second-order valence-electron chi connectivity index (χ2n) is 4.16. The van der Waals surface area contributed by atoms with E-state index < -0.39 is 11.9 Å². The van der Waals surface area contributed by atoms with E-state index in [1.807, 2.05) is 0 Å². The summed E-state index contributed by atoms with van der Waals surface area (Å²) in [5.41, 5.74) is -0.0185. The van der Waals surface area contributed by atoms with Crippen molar-refractivity contribution >= 4 is 11.9 Å². The number of carbonyl (C=O) groups excluding carboxylic acids is 1. The van der Waals surface area contributed by atoms with E-state index in [0.29, 0.717) is 12.5 Å². The number of carboxylic acids is 1. The molecule has 1 aromatic heterocycles. The Balaban J connectivity index is 1.77. The summed E-state index contributed by atoms with van der Waals surface area (Å²) in [6.45, 7) is 2.04. The average Bonchev–Trinajstić information content (AvgIpc) is 2.99. The van der Waals surface area contributed by atoms with E-state index in [0.717, 1.165) is 32.1 Å². The lowest BCUT2D eigenvalue weighted by Crippen LogP contribution is -2.26. The molecule has 0 aliphatic carbocycles. The highest BCUT2D eigenvalue weighted by Gasteiger charge is 2.18. The molecule has 0 bridgehead atoms. The van der Waals surface area contributed by atoms with Crippen molar-refractivity contribution in [2.45, 2.75) is 12.8 Å². The molecule has 1 fully saturated rings. The van der Waals surface area contributed by atoms with Gasteiger partial charge in [0.25, 0.3) is 5.91 Å². The second-order valence-corrected chi connectivity index (χ2v) is 4.16. The molecule has 18 heavy (non-hydrogen) atoms. The summed E-state index contributed by atoms with van der Waals surface area (Å²) in [6.07, 6.45) is 1.86. The molecule has 1 aromatic rings.